The molecule has 0 spiro atoms. The van der Waals surface area contributed by atoms with Gasteiger partial charge in [-0.1, -0.05) is 25.4 Å². The highest BCUT2D eigenvalue weighted by molar-refractivity contribution is 7.84. The summed E-state index contributed by atoms with van der Waals surface area (Å²) in [7, 11) is -0.683. The van der Waals surface area contributed by atoms with Gasteiger partial charge in [-0.3, -0.25) is 4.21 Å². The molecule has 0 aromatic heterocycles. The van der Waals surface area contributed by atoms with Gasteiger partial charge in [0.05, 0.1) is 0 Å². The number of nitrogens with zero attached hydrogens (tertiary/aromatic N) is 1. The first-order valence-electron chi connectivity index (χ1n) is 6.39. The normalized spacial score (nSPS) is 14.7. The van der Waals surface area contributed by atoms with E-state index in [1.807, 2.05) is 13.8 Å². The lowest BCUT2D eigenvalue weighted by atomic mass is 9.86. The zero-order valence-corrected chi connectivity index (χ0v) is 12.6. The number of rotatable bonds is 10. The average molecular weight is 277 g/mol. The summed E-state index contributed by atoms with van der Waals surface area (Å²) in [4.78, 5) is 0. The van der Waals surface area contributed by atoms with Gasteiger partial charge in [-0.05, 0) is 32.4 Å². The molecule has 0 saturated carbocycles. The number of nitrogens with one attached hydrogen (secondary N) is 1. The van der Waals surface area contributed by atoms with Crippen molar-refractivity contribution in [2.45, 2.75) is 39.5 Å². The third kappa shape index (κ3) is 8.47. The number of hydrogen-bond donors (Lipinski definition) is 3. The lowest BCUT2D eigenvalue weighted by Gasteiger charge is -2.22. The summed E-state index contributed by atoms with van der Waals surface area (Å²) in [5.74, 6) is 1.06. The summed E-state index contributed by atoms with van der Waals surface area (Å²) in [6.07, 6.45) is 5.70. The number of nitrogens with two attached hydrogens (primary N) is 1. The van der Waals surface area contributed by atoms with E-state index >= 15 is 0 Å². The second kappa shape index (κ2) is 9.33. The van der Waals surface area contributed by atoms with Crippen LogP contribution in [0.15, 0.2) is 5.16 Å². The molecule has 0 saturated heterocycles. The molecule has 4 N–H and O–H groups in total. The summed E-state index contributed by atoms with van der Waals surface area (Å²) < 4.78 is 10.8. The molecule has 1 atom stereocenters. The topological polar surface area (TPSA) is 87.7 Å². The molecule has 0 amide bonds. The fourth-order valence-electron chi connectivity index (χ4n) is 1.61. The molecule has 0 aliphatic carbocycles. The summed E-state index contributed by atoms with van der Waals surface area (Å²) in [5, 5.41) is 15.0. The van der Waals surface area contributed by atoms with Gasteiger partial charge in [0.15, 0.2) is 0 Å². The van der Waals surface area contributed by atoms with E-state index in [0.29, 0.717) is 5.84 Å². The van der Waals surface area contributed by atoms with Gasteiger partial charge in [0, 0.05) is 28.2 Å². The average Bonchev–Trinajstić information content (AvgIpc) is 2.30. The van der Waals surface area contributed by atoms with Crippen molar-refractivity contribution in [3.8, 4) is 0 Å². The van der Waals surface area contributed by atoms with Crippen molar-refractivity contribution in [2.24, 2.45) is 16.3 Å². The Morgan fingerprint density at radius 1 is 1.33 bits per heavy atom. The quantitative estimate of drug-likeness (QED) is 0.185. The SMILES string of the molecule is CS(=O)CCCNCCCCC(C)(C)C(N)=NO. The smallest absolute Gasteiger partial charge is 0.144 e. The van der Waals surface area contributed by atoms with Crippen molar-refractivity contribution in [1.29, 1.82) is 0 Å². The Hall–Kier alpha value is -0.620. The van der Waals surface area contributed by atoms with Gasteiger partial charge in [-0.2, -0.15) is 0 Å². The second-order valence-corrected chi connectivity index (χ2v) is 6.76. The molecule has 0 aromatic carbocycles. The van der Waals surface area contributed by atoms with E-state index in [0.717, 1.165) is 44.5 Å². The van der Waals surface area contributed by atoms with Crippen LogP contribution in [0.25, 0.3) is 0 Å². The van der Waals surface area contributed by atoms with E-state index in [1.165, 1.54) is 0 Å². The summed E-state index contributed by atoms with van der Waals surface area (Å²) in [6.45, 7) is 5.84. The van der Waals surface area contributed by atoms with Crippen LogP contribution in [0, 0.1) is 5.41 Å². The maximum atomic E-state index is 10.8. The van der Waals surface area contributed by atoms with Crippen molar-refractivity contribution in [3.63, 3.8) is 0 Å². The van der Waals surface area contributed by atoms with Gasteiger partial charge in [0.25, 0.3) is 0 Å². The minimum Gasteiger partial charge on any atom is -0.409 e. The summed E-state index contributed by atoms with van der Waals surface area (Å²) in [5.41, 5.74) is 5.37. The van der Waals surface area contributed by atoms with Crippen molar-refractivity contribution in [2.75, 3.05) is 25.1 Å². The highest BCUT2D eigenvalue weighted by Crippen LogP contribution is 2.22. The van der Waals surface area contributed by atoms with Gasteiger partial charge in [0.1, 0.15) is 5.84 Å². The molecule has 0 fully saturated rings. The molecule has 0 radical (unpaired) electrons. The maximum Gasteiger partial charge on any atom is 0.144 e. The van der Waals surface area contributed by atoms with Crippen molar-refractivity contribution < 1.29 is 9.42 Å². The third-order valence-electron chi connectivity index (χ3n) is 2.99. The van der Waals surface area contributed by atoms with Crippen LogP contribution in [0.2, 0.25) is 0 Å². The molecule has 0 aliphatic heterocycles. The van der Waals surface area contributed by atoms with Crippen LogP contribution in [0.5, 0.6) is 0 Å². The Balaban J connectivity index is 3.49. The Bertz CT molecular complexity index is 280. The van der Waals surface area contributed by atoms with Crippen molar-refractivity contribution >= 4 is 16.6 Å². The van der Waals surface area contributed by atoms with E-state index < -0.39 is 10.8 Å². The van der Waals surface area contributed by atoms with Crippen molar-refractivity contribution in [3.05, 3.63) is 0 Å². The molecule has 18 heavy (non-hydrogen) atoms. The Labute approximate surface area is 113 Å². The molecule has 0 bridgehead atoms. The maximum absolute atomic E-state index is 10.8. The Morgan fingerprint density at radius 3 is 2.50 bits per heavy atom. The number of unbranched alkanes of at least 4 members (excludes halogenated alkanes) is 1. The predicted molar refractivity (Wildman–Crippen MR) is 77.5 cm³/mol. The summed E-state index contributed by atoms with van der Waals surface area (Å²) in [6, 6.07) is 0. The molecular formula is C12H27N3O2S. The zero-order chi connectivity index (χ0) is 14.0. The molecule has 0 heterocycles. The molecule has 0 rings (SSSR count). The molecule has 1 unspecified atom stereocenters. The second-order valence-electron chi connectivity index (χ2n) is 5.21. The lowest BCUT2D eigenvalue weighted by molar-refractivity contribution is 0.304. The van der Waals surface area contributed by atoms with E-state index in [1.54, 1.807) is 6.26 Å². The largest absolute Gasteiger partial charge is 0.409 e. The van der Waals surface area contributed by atoms with E-state index in [9.17, 15) is 4.21 Å². The first kappa shape index (κ1) is 17.4. The fourth-order valence-corrected chi connectivity index (χ4v) is 2.16. The fraction of sp³-hybridized carbons (Fsp3) is 0.917. The monoisotopic (exact) mass is 277 g/mol. The summed E-state index contributed by atoms with van der Waals surface area (Å²) >= 11 is 0. The van der Waals surface area contributed by atoms with Gasteiger partial charge in [-0.15, -0.1) is 0 Å². The number of hydrogen-bond acceptors (Lipinski definition) is 4. The van der Waals surface area contributed by atoms with Crippen LogP contribution in [0.3, 0.4) is 0 Å². The van der Waals surface area contributed by atoms with E-state index in [-0.39, 0.29) is 5.41 Å². The zero-order valence-electron chi connectivity index (χ0n) is 11.7. The van der Waals surface area contributed by atoms with E-state index in [4.69, 9.17) is 10.9 Å². The predicted octanol–water partition coefficient (Wildman–Crippen LogP) is 1.29. The molecule has 0 aliphatic rings. The van der Waals surface area contributed by atoms with E-state index in [2.05, 4.69) is 10.5 Å². The Morgan fingerprint density at radius 2 is 1.94 bits per heavy atom. The Kier molecular flexibility index (Phi) is 9.01. The highest BCUT2D eigenvalue weighted by Gasteiger charge is 2.22. The first-order chi connectivity index (χ1) is 8.40. The minimum absolute atomic E-state index is 0.242. The van der Waals surface area contributed by atoms with Gasteiger partial charge >= 0.3 is 0 Å². The van der Waals surface area contributed by atoms with Crippen LogP contribution in [-0.2, 0) is 10.8 Å². The van der Waals surface area contributed by atoms with Crippen LogP contribution in [0.1, 0.15) is 39.5 Å². The molecule has 108 valence electrons. The molecular weight excluding hydrogens is 250 g/mol. The standard InChI is InChI=1S/C12H27N3O2S/c1-12(2,11(13)15-16)7-4-5-8-14-9-6-10-18(3)17/h14,16H,4-10H2,1-3H3,(H2,13,15). The molecule has 0 aromatic rings. The highest BCUT2D eigenvalue weighted by atomic mass is 32.2. The van der Waals surface area contributed by atoms with Crippen LogP contribution >= 0.6 is 0 Å². The van der Waals surface area contributed by atoms with Gasteiger partial charge in [-0.25, -0.2) is 0 Å². The van der Waals surface area contributed by atoms with Crippen molar-refractivity contribution in [1.82, 2.24) is 5.32 Å². The number of oxime groups is 1. The van der Waals surface area contributed by atoms with Crippen LogP contribution in [0.4, 0.5) is 0 Å². The third-order valence-corrected chi connectivity index (χ3v) is 3.86. The molecule has 6 heteroatoms. The van der Waals surface area contributed by atoms with Crippen LogP contribution < -0.4 is 11.1 Å². The van der Waals surface area contributed by atoms with Crippen LogP contribution in [-0.4, -0.2) is 40.3 Å². The number of amidine groups is 1. The minimum atomic E-state index is -0.683. The lowest BCUT2D eigenvalue weighted by Crippen LogP contribution is -2.32. The van der Waals surface area contributed by atoms with Gasteiger partial charge < -0.3 is 16.3 Å². The van der Waals surface area contributed by atoms with Gasteiger partial charge in [0.2, 0.25) is 0 Å². The first-order valence-corrected chi connectivity index (χ1v) is 8.11. The molecule has 5 nitrogen and oxygen atoms in total.